The fraction of sp³-hybridized carbons (Fsp3) is 0.188. The molecule has 0 unspecified atom stereocenters. The number of nitrogens with zero attached hydrogens (tertiary/aromatic N) is 2. The van der Waals surface area contributed by atoms with Crippen LogP contribution in [0.2, 0.25) is 0 Å². The molecule has 0 atom stereocenters. The van der Waals surface area contributed by atoms with Gasteiger partial charge in [-0.15, -0.1) is 11.3 Å². The second kappa shape index (κ2) is 6.01. The Balaban J connectivity index is 1.73. The van der Waals surface area contributed by atoms with Gasteiger partial charge in [-0.05, 0) is 30.5 Å². The smallest absolute Gasteiger partial charge is 0.173 e. The van der Waals surface area contributed by atoms with Crippen LogP contribution in [0.1, 0.15) is 27.2 Å². The van der Waals surface area contributed by atoms with E-state index in [0.717, 1.165) is 21.7 Å². The number of carbonyl (C=O) groups is 1. The molecule has 0 saturated heterocycles. The van der Waals surface area contributed by atoms with E-state index in [1.807, 2.05) is 31.2 Å². The molecule has 1 aromatic carbocycles. The van der Waals surface area contributed by atoms with Gasteiger partial charge in [-0.2, -0.15) is 5.10 Å². The molecular weight excluding hydrogens is 282 g/mol. The molecule has 0 amide bonds. The average Bonchev–Trinajstić information content (AvgIpc) is 3.15. The Hall–Kier alpha value is -2.27. The quantitative estimate of drug-likeness (QED) is 0.731. The Bertz CT molecular complexity index is 732. The standard InChI is InChI=1S/C16H15N3OS/c1-11-9-14(16-17-10-18-19-16)21-15(11)13(20)8-7-12-5-3-2-4-6-12/h2-6,9-10H,7-8H2,1H3,(H,17,18,19). The van der Waals surface area contributed by atoms with Crippen LogP contribution in [-0.2, 0) is 6.42 Å². The summed E-state index contributed by atoms with van der Waals surface area (Å²) in [6.45, 7) is 1.96. The molecule has 0 fully saturated rings. The van der Waals surface area contributed by atoms with Crippen molar-refractivity contribution in [3.05, 3.63) is 58.7 Å². The zero-order valence-electron chi connectivity index (χ0n) is 11.7. The molecule has 0 aliphatic heterocycles. The first-order valence-corrected chi connectivity index (χ1v) is 7.59. The van der Waals surface area contributed by atoms with E-state index in [2.05, 4.69) is 27.3 Å². The van der Waals surface area contributed by atoms with E-state index in [0.29, 0.717) is 12.2 Å². The van der Waals surface area contributed by atoms with Crippen molar-refractivity contribution in [1.29, 1.82) is 0 Å². The Morgan fingerprint density at radius 2 is 2.10 bits per heavy atom. The number of hydrogen-bond acceptors (Lipinski definition) is 4. The lowest BCUT2D eigenvalue weighted by Gasteiger charge is -2.00. The Kier molecular flexibility index (Phi) is 3.92. The van der Waals surface area contributed by atoms with Crippen LogP contribution in [0.5, 0.6) is 0 Å². The molecule has 3 rings (SSSR count). The highest BCUT2D eigenvalue weighted by Gasteiger charge is 2.15. The molecule has 106 valence electrons. The van der Waals surface area contributed by atoms with Gasteiger partial charge in [0.05, 0.1) is 9.75 Å². The van der Waals surface area contributed by atoms with Crippen molar-refractivity contribution in [3.63, 3.8) is 0 Å². The highest BCUT2D eigenvalue weighted by Crippen LogP contribution is 2.29. The lowest BCUT2D eigenvalue weighted by atomic mass is 10.1. The van der Waals surface area contributed by atoms with Gasteiger partial charge in [-0.3, -0.25) is 9.89 Å². The van der Waals surface area contributed by atoms with Crippen molar-refractivity contribution in [2.24, 2.45) is 0 Å². The summed E-state index contributed by atoms with van der Waals surface area (Å²) >= 11 is 1.48. The van der Waals surface area contributed by atoms with Crippen molar-refractivity contribution in [3.8, 4) is 10.7 Å². The largest absolute Gasteiger partial charge is 0.293 e. The maximum atomic E-state index is 12.4. The normalized spacial score (nSPS) is 10.7. The third-order valence-electron chi connectivity index (χ3n) is 3.30. The van der Waals surface area contributed by atoms with E-state index in [9.17, 15) is 4.79 Å². The molecule has 5 heteroatoms. The van der Waals surface area contributed by atoms with E-state index < -0.39 is 0 Å². The number of carbonyl (C=O) groups excluding carboxylic acids is 1. The molecule has 0 radical (unpaired) electrons. The van der Waals surface area contributed by atoms with Crippen molar-refractivity contribution in [2.45, 2.75) is 19.8 Å². The van der Waals surface area contributed by atoms with Crippen molar-refractivity contribution in [1.82, 2.24) is 15.2 Å². The summed E-state index contributed by atoms with van der Waals surface area (Å²) in [5.41, 5.74) is 2.19. The molecule has 3 aromatic rings. The zero-order valence-corrected chi connectivity index (χ0v) is 12.5. The summed E-state index contributed by atoms with van der Waals surface area (Å²) in [7, 11) is 0. The number of Topliss-reactive ketones (excluding diaryl/α,β-unsaturated/α-hetero) is 1. The molecule has 4 nitrogen and oxygen atoms in total. The Morgan fingerprint density at radius 3 is 2.81 bits per heavy atom. The van der Waals surface area contributed by atoms with Crippen molar-refractivity contribution in [2.75, 3.05) is 0 Å². The average molecular weight is 297 g/mol. The summed E-state index contributed by atoms with van der Waals surface area (Å²) in [5.74, 6) is 0.900. The van der Waals surface area contributed by atoms with Crippen molar-refractivity contribution < 1.29 is 4.79 Å². The van der Waals surface area contributed by atoms with Crippen LogP contribution < -0.4 is 0 Å². The van der Waals surface area contributed by atoms with Crippen molar-refractivity contribution >= 4 is 17.1 Å². The van der Waals surface area contributed by atoms with Gasteiger partial charge in [0.1, 0.15) is 6.33 Å². The number of aryl methyl sites for hydroxylation is 2. The Morgan fingerprint density at radius 1 is 1.29 bits per heavy atom. The first-order chi connectivity index (χ1) is 10.2. The third-order valence-corrected chi connectivity index (χ3v) is 4.59. The monoisotopic (exact) mass is 297 g/mol. The van der Waals surface area contributed by atoms with Crippen LogP contribution in [0.4, 0.5) is 0 Å². The second-order valence-electron chi connectivity index (χ2n) is 4.87. The lowest BCUT2D eigenvalue weighted by molar-refractivity contribution is 0.0986. The molecule has 0 aliphatic rings. The minimum Gasteiger partial charge on any atom is -0.293 e. The molecule has 2 heterocycles. The first kappa shape index (κ1) is 13.7. The lowest BCUT2D eigenvalue weighted by Crippen LogP contribution is -2.00. The van der Waals surface area contributed by atoms with Crippen LogP contribution in [0, 0.1) is 6.92 Å². The van der Waals surface area contributed by atoms with Gasteiger partial charge >= 0.3 is 0 Å². The molecule has 0 spiro atoms. The highest BCUT2D eigenvalue weighted by atomic mass is 32.1. The van der Waals surface area contributed by atoms with E-state index in [1.165, 1.54) is 23.2 Å². The number of nitrogens with one attached hydrogen (secondary N) is 1. The fourth-order valence-corrected chi connectivity index (χ4v) is 3.30. The predicted molar refractivity (Wildman–Crippen MR) is 83.5 cm³/mol. The summed E-state index contributed by atoms with van der Waals surface area (Å²) in [5, 5.41) is 6.67. The van der Waals surface area contributed by atoms with Gasteiger partial charge in [0, 0.05) is 6.42 Å². The molecule has 0 bridgehead atoms. The number of ketones is 1. The van der Waals surface area contributed by atoms with Crippen LogP contribution in [0.25, 0.3) is 10.7 Å². The number of rotatable bonds is 5. The Labute approximate surface area is 126 Å². The van der Waals surface area contributed by atoms with Crippen LogP contribution in [0.3, 0.4) is 0 Å². The van der Waals surface area contributed by atoms with E-state index >= 15 is 0 Å². The third kappa shape index (κ3) is 3.08. The van der Waals surface area contributed by atoms with E-state index in [4.69, 9.17) is 0 Å². The molecule has 0 aliphatic carbocycles. The predicted octanol–water partition coefficient (Wildman–Crippen LogP) is 3.66. The van der Waals surface area contributed by atoms with Crippen LogP contribution in [0.15, 0.2) is 42.7 Å². The zero-order chi connectivity index (χ0) is 14.7. The highest BCUT2D eigenvalue weighted by molar-refractivity contribution is 7.17. The topological polar surface area (TPSA) is 58.6 Å². The number of thiophene rings is 1. The molecule has 21 heavy (non-hydrogen) atoms. The minimum absolute atomic E-state index is 0.187. The number of hydrogen-bond donors (Lipinski definition) is 1. The van der Waals surface area contributed by atoms with Gasteiger partial charge < -0.3 is 0 Å². The van der Waals surface area contributed by atoms with Gasteiger partial charge in [-0.1, -0.05) is 30.3 Å². The van der Waals surface area contributed by atoms with Crippen LogP contribution >= 0.6 is 11.3 Å². The number of aromatic nitrogens is 3. The molecule has 2 aromatic heterocycles. The minimum atomic E-state index is 0.187. The summed E-state index contributed by atoms with van der Waals surface area (Å²) in [6, 6.07) is 12.1. The fourth-order valence-electron chi connectivity index (χ4n) is 2.22. The van der Waals surface area contributed by atoms with E-state index in [1.54, 1.807) is 0 Å². The van der Waals surface area contributed by atoms with E-state index in [-0.39, 0.29) is 5.78 Å². The molecular formula is C16H15N3OS. The maximum Gasteiger partial charge on any atom is 0.173 e. The summed E-state index contributed by atoms with van der Waals surface area (Å²) in [6.07, 6.45) is 2.77. The first-order valence-electron chi connectivity index (χ1n) is 6.77. The maximum absolute atomic E-state index is 12.4. The van der Waals surface area contributed by atoms with Crippen LogP contribution in [-0.4, -0.2) is 21.0 Å². The number of aromatic amines is 1. The number of benzene rings is 1. The summed E-state index contributed by atoms with van der Waals surface area (Å²) in [4.78, 5) is 18.3. The molecule has 0 saturated carbocycles. The van der Waals surface area contributed by atoms with Gasteiger partial charge in [-0.25, -0.2) is 4.98 Å². The molecule has 1 N–H and O–H groups in total. The SMILES string of the molecule is Cc1cc(-c2ncn[nH]2)sc1C(=O)CCc1ccccc1. The van der Waals surface area contributed by atoms with Gasteiger partial charge in [0.2, 0.25) is 0 Å². The van der Waals surface area contributed by atoms with Gasteiger partial charge in [0.15, 0.2) is 11.6 Å². The van der Waals surface area contributed by atoms with Gasteiger partial charge in [0.25, 0.3) is 0 Å². The summed E-state index contributed by atoms with van der Waals surface area (Å²) < 4.78 is 0. The second-order valence-corrected chi connectivity index (χ2v) is 5.92. The number of H-pyrrole nitrogens is 1.